The van der Waals surface area contributed by atoms with Crippen molar-refractivity contribution in [2.45, 2.75) is 32.7 Å². The van der Waals surface area contributed by atoms with E-state index in [0.29, 0.717) is 0 Å². The van der Waals surface area contributed by atoms with Gasteiger partial charge in [-0.1, -0.05) is 15.9 Å². The minimum Gasteiger partial charge on any atom is -0.297 e. The van der Waals surface area contributed by atoms with Gasteiger partial charge in [-0.15, -0.1) is 0 Å². The summed E-state index contributed by atoms with van der Waals surface area (Å²) >= 11 is 7.21. The Hall–Kier alpha value is 0.130. The van der Waals surface area contributed by atoms with Gasteiger partial charge in [0.15, 0.2) is 0 Å². The van der Waals surface area contributed by atoms with Crippen LogP contribution in [0.25, 0.3) is 0 Å². The first-order valence-electron chi connectivity index (χ1n) is 6.58. The van der Waals surface area contributed by atoms with E-state index in [0.717, 1.165) is 23.5 Å². The molecule has 1 aliphatic rings. The molecule has 1 aliphatic heterocycles. The number of hydrogen-bond donors (Lipinski definition) is 0. The molecule has 0 aliphatic carbocycles. The maximum Gasteiger partial charge on any atom is 0.0739 e. The fourth-order valence-corrected chi connectivity index (χ4v) is 3.86. The van der Waals surface area contributed by atoms with Crippen molar-refractivity contribution in [1.29, 1.82) is 0 Å². The zero-order valence-electron chi connectivity index (χ0n) is 11.1. The topological polar surface area (TPSA) is 21.1 Å². The van der Waals surface area contributed by atoms with Gasteiger partial charge in [0.1, 0.15) is 0 Å². The van der Waals surface area contributed by atoms with Gasteiger partial charge in [0.2, 0.25) is 0 Å². The lowest BCUT2D eigenvalue weighted by molar-refractivity contribution is 0.162. The number of aromatic nitrogens is 2. The van der Waals surface area contributed by atoms with Crippen LogP contribution in [-0.4, -0.2) is 33.1 Å². The van der Waals surface area contributed by atoms with Crippen molar-refractivity contribution in [3.05, 3.63) is 15.9 Å². The normalized spacial score (nSPS) is 21.4. The number of likely N-dealkylation sites (tertiary alicyclic amines) is 1. The summed E-state index contributed by atoms with van der Waals surface area (Å²) in [6.45, 7) is 5.51. The van der Waals surface area contributed by atoms with Crippen LogP contribution in [0.1, 0.15) is 30.7 Å². The number of aryl methyl sites for hydroxylation is 2. The molecule has 1 unspecified atom stereocenters. The Kier molecular flexibility index (Phi) is 5.27. The number of alkyl halides is 1. The quantitative estimate of drug-likeness (QED) is 0.747. The van der Waals surface area contributed by atoms with Crippen LogP contribution in [0, 0.1) is 12.8 Å². The lowest BCUT2D eigenvalue weighted by Gasteiger charge is -2.32. The van der Waals surface area contributed by atoms with Crippen LogP contribution in [0.2, 0.25) is 0 Å². The first kappa shape index (κ1) is 14.5. The molecule has 5 heteroatoms. The van der Waals surface area contributed by atoms with E-state index < -0.39 is 0 Å². The Balaban J connectivity index is 2.00. The first-order valence-corrected chi connectivity index (χ1v) is 8.49. The third-order valence-corrected chi connectivity index (χ3v) is 5.24. The summed E-state index contributed by atoms with van der Waals surface area (Å²) in [5.74, 6) is 0.853. The molecule has 0 saturated carbocycles. The average Bonchev–Trinajstić information content (AvgIpc) is 2.57. The highest BCUT2D eigenvalue weighted by molar-refractivity contribution is 9.10. The fourth-order valence-electron chi connectivity index (χ4n) is 2.75. The van der Waals surface area contributed by atoms with Crippen molar-refractivity contribution in [1.82, 2.24) is 14.7 Å². The number of rotatable bonds is 4. The number of halogens is 2. The van der Waals surface area contributed by atoms with E-state index in [9.17, 15) is 0 Å². The molecule has 18 heavy (non-hydrogen) atoms. The predicted molar refractivity (Wildman–Crippen MR) is 82.1 cm³/mol. The summed E-state index contributed by atoms with van der Waals surface area (Å²) in [6.07, 6.45) is 4.00. The molecule has 2 heterocycles. The van der Waals surface area contributed by atoms with E-state index in [1.807, 2.05) is 11.7 Å². The fraction of sp³-hybridized carbons (Fsp3) is 0.769. The summed E-state index contributed by atoms with van der Waals surface area (Å²) in [4.78, 5) is 2.57. The number of piperidine rings is 1. The summed E-state index contributed by atoms with van der Waals surface area (Å²) < 4.78 is 3.18. The molecule has 0 N–H and O–H groups in total. The third-order valence-electron chi connectivity index (χ3n) is 3.76. The molecule has 102 valence electrons. The first-order chi connectivity index (χ1) is 8.61. The smallest absolute Gasteiger partial charge is 0.0739 e. The molecule has 1 atom stereocenters. The van der Waals surface area contributed by atoms with E-state index in [-0.39, 0.29) is 0 Å². The minimum atomic E-state index is 0.853. The third kappa shape index (κ3) is 3.36. The Morgan fingerprint density at radius 2 is 2.22 bits per heavy atom. The summed E-state index contributed by atoms with van der Waals surface area (Å²) in [5, 5.41) is 5.59. The largest absolute Gasteiger partial charge is 0.297 e. The van der Waals surface area contributed by atoms with E-state index in [1.165, 1.54) is 42.5 Å². The van der Waals surface area contributed by atoms with Crippen molar-refractivity contribution < 1.29 is 0 Å². The van der Waals surface area contributed by atoms with Crippen molar-refractivity contribution in [2.24, 2.45) is 13.0 Å². The lowest BCUT2D eigenvalue weighted by atomic mass is 9.95. The molecule has 1 saturated heterocycles. The maximum atomic E-state index is 4.47. The SMILES string of the molecule is Cc1nn(C)c(CN2CCCC(CCBr)C2)c1Br. The second-order valence-corrected chi connectivity index (χ2v) is 6.78. The monoisotopic (exact) mass is 377 g/mol. The lowest BCUT2D eigenvalue weighted by Crippen LogP contribution is -2.35. The van der Waals surface area contributed by atoms with Crippen molar-refractivity contribution >= 4 is 31.9 Å². The minimum absolute atomic E-state index is 0.853. The number of nitrogens with zero attached hydrogens (tertiary/aromatic N) is 3. The highest BCUT2D eigenvalue weighted by Gasteiger charge is 2.21. The molecule has 0 bridgehead atoms. The van der Waals surface area contributed by atoms with Gasteiger partial charge in [-0.2, -0.15) is 5.10 Å². The van der Waals surface area contributed by atoms with Crippen LogP contribution < -0.4 is 0 Å². The molecular weight excluding hydrogens is 358 g/mol. The highest BCUT2D eigenvalue weighted by Crippen LogP contribution is 2.25. The number of hydrogen-bond acceptors (Lipinski definition) is 2. The van der Waals surface area contributed by atoms with Crippen LogP contribution in [0.3, 0.4) is 0 Å². The van der Waals surface area contributed by atoms with Gasteiger partial charge >= 0.3 is 0 Å². The second-order valence-electron chi connectivity index (χ2n) is 5.19. The van der Waals surface area contributed by atoms with Gasteiger partial charge in [0.25, 0.3) is 0 Å². The zero-order valence-corrected chi connectivity index (χ0v) is 14.3. The molecule has 2 rings (SSSR count). The molecule has 1 aromatic rings. The van der Waals surface area contributed by atoms with Gasteiger partial charge in [-0.05, 0) is 54.6 Å². The van der Waals surface area contributed by atoms with E-state index in [1.54, 1.807) is 0 Å². The standard InChI is InChI=1S/C13H21Br2N3/c1-10-13(15)12(17(2)16-10)9-18-7-3-4-11(8-18)5-6-14/h11H,3-9H2,1-2H3. The zero-order chi connectivity index (χ0) is 13.1. The molecule has 0 aromatic carbocycles. The molecule has 1 aromatic heterocycles. The second kappa shape index (κ2) is 6.53. The van der Waals surface area contributed by atoms with Crippen molar-refractivity contribution in [3.63, 3.8) is 0 Å². The van der Waals surface area contributed by atoms with E-state index in [4.69, 9.17) is 0 Å². The molecular formula is C13H21Br2N3. The van der Waals surface area contributed by atoms with Crippen LogP contribution in [0.4, 0.5) is 0 Å². The molecule has 1 fully saturated rings. The Labute approximate surface area is 126 Å². The van der Waals surface area contributed by atoms with Crippen molar-refractivity contribution in [3.8, 4) is 0 Å². The summed E-state index contributed by atoms with van der Waals surface area (Å²) in [5.41, 5.74) is 2.38. The van der Waals surface area contributed by atoms with Crippen LogP contribution in [0.15, 0.2) is 4.47 Å². The van der Waals surface area contributed by atoms with E-state index >= 15 is 0 Å². The average molecular weight is 379 g/mol. The van der Waals surface area contributed by atoms with E-state index in [2.05, 4.69) is 48.8 Å². The van der Waals surface area contributed by atoms with Crippen LogP contribution in [0.5, 0.6) is 0 Å². The Bertz CT molecular complexity index is 401. The predicted octanol–water partition coefficient (Wildman–Crippen LogP) is 3.49. The molecule has 3 nitrogen and oxygen atoms in total. The van der Waals surface area contributed by atoms with Crippen LogP contribution >= 0.6 is 31.9 Å². The van der Waals surface area contributed by atoms with Crippen molar-refractivity contribution in [2.75, 3.05) is 18.4 Å². The molecule has 0 spiro atoms. The van der Waals surface area contributed by atoms with Gasteiger partial charge < -0.3 is 0 Å². The van der Waals surface area contributed by atoms with Gasteiger partial charge in [-0.3, -0.25) is 9.58 Å². The Morgan fingerprint density at radius 1 is 1.44 bits per heavy atom. The summed E-state index contributed by atoms with van der Waals surface area (Å²) in [6, 6.07) is 0. The van der Waals surface area contributed by atoms with Crippen LogP contribution in [-0.2, 0) is 13.6 Å². The van der Waals surface area contributed by atoms with Gasteiger partial charge in [0.05, 0.1) is 15.9 Å². The molecule has 0 radical (unpaired) electrons. The summed E-state index contributed by atoms with van der Waals surface area (Å²) in [7, 11) is 2.03. The highest BCUT2D eigenvalue weighted by atomic mass is 79.9. The van der Waals surface area contributed by atoms with Gasteiger partial charge in [-0.25, -0.2) is 0 Å². The molecule has 0 amide bonds. The Morgan fingerprint density at radius 3 is 2.83 bits per heavy atom. The maximum absolute atomic E-state index is 4.47. The van der Waals surface area contributed by atoms with Gasteiger partial charge in [0, 0.05) is 25.5 Å².